The Morgan fingerprint density at radius 1 is 1.43 bits per heavy atom. The van der Waals surface area contributed by atoms with Gasteiger partial charge in [-0.15, -0.1) is 0 Å². The van der Waals surface area contributed by atoms with Crippen LogP contribution in [0.5, 0.6) is 0 Å². The Bertz CT molecular complexity index is 595. The summed E-state index contributed by atoms with van der Waals surface area (Å²) in [6.07, 6.45) is 1.07. The van der Waals surface area contributed by atoms with E-state index < -0.39 is 5.92 Å². The van der Waals surface area contributed by atoms with E-state index in [-0.39, 0.29) is 23.9 Å². The molecule has 1 heterocycles. The highest BCUT2D eigenvalue weighted by Gasteiger charge is 2.31. The second kappa shape index (κ2) is 6.64. The van der Waals surface area contributed by atoms with Crippen LogP contribution in [0.15, 0.2) is 18.2 Å². The number of benzene rings is 1. The van der Waals surface area contributed by atoms with Crippen molar-refractivity contribution < 1.29 is 14.3 Å². The molecule has 1 aliphatic rings. The molecule has 21 heavy (non-hydrogen) atoms. The van der Waals surface area contributed by atoms with Crippen LogP contribution in [0.1, 0.15) is 34.3 Å². The normalized spacial score (nSPS) is 19.0. The fraction of sp³-hybridized carbons (Fsp3) is 0.471. The van der Waals surface area contributed by atoms with Gasteiger partial charge in [0, 0.05) is 25.2 Å². The molecule has 0 unspecified atom stereocenters. The van der Waals surface area contributed by atoms with E-state index in [4.69, 9.17) is 4.74 Å². The van der Waals surface area contributed by atoms with Crippen LogP contribution >= 0.6 is 0 Å². The number of carbonyl (C=O) groups is 2. The summed E-state index contributed by atoms with van der Waals surface area (Å²) in [4.78, 5) is 24.7. The Kier molecular flexibility index (Phi) is 4.87. The van der Waals surface area contributed by atoms with Gasteiger partial charge in [0.2, 0.25) is 0 Å². The fourth-order valence-corrected chi connectivity index (χ4v) is 2.67. The maximum atomic E-state index is 12.4. The maximum Gasteiger partial charge on any atom is 0.187 e. The van der Waals surface area contributed by atoms with Crippen molar-refractivity contribution in [3.8, 4) is 6.07 Å². The molecule has 0 spiro atoms. The van der Waals surface area contributed by atoms with Crippen molar-refractivity contribution in [1.82, 2.24) is 0 Å². The Balaban J connectivity index is 2.14. The average Bonchev–Trinajstić information content (AvgIpc) is 2.92. The molecule has 2 rings (SSSR count). The average molecular weight is 285 g/mol. The van der Waals surface area contributed by atoms with Gasteiger partial charge in [-0.05, 0) is 31.7 Å². The number of nitriles is 1. The molecule has 2 atom stereocenters. The summed E-state index contributed by atoms with van der Waals surface area (Å²) in [5, 5.41) is 9.22. The first-order chi connectivity index (χ1) is 10.0. The summed E-state index contributed by atoms with van der Waals surface area (Å²) in [6, 6.07) is 7.28. The van der Waals surface area contributed by atoms with Crippen LogP contribution in [-0.4, -0.2) is 24.8 Å². The Hall–Kier alpha value is -1.99. The Labute approximate surface area is 124 Å². The molecule has 1 fully saturated rings. The number of aryl methyl sites for hydroxylation is 2. The summed E-state index contributed by atoms with van der Waals surface area (Å²) in [5.74, 6) is -1.75. The molecule has 1 saturated heterocycles. The highest BCUT2D eigenvalue weighted by molar-refractivity contribution is 6.13. The van der Waals surface area contributed by atoms with Gasteiger partial charge in [0.25, 0.3) is 0 Å². The van der Waals surface area contributed by atoms with Crippen molar-refractivity contribution in [3.63, 3.8) is 0 Å². The molecular formula is C17H19NO3. The first kappa shape index (κ1) is 15.4. The summed E-state index contributed by atoms with van der Waals surface area (Å²) in [7, 11) is 0. The van der Waals surface area contributed by atoms with Crippen LogP contribution in [0.3, 0.4) is 0 Å². The van der Waals surface area contributed by atoms with Gasteiger partial charge in [-0.1, -0.05) is 23.8 Å². The predicted molar refractivity (Wildman–Crippen MR) is 77.9 cm³/mol. The summed E-state index contributed by atoms with van der Waals surface area (Å²) < 4.78 is 5.23. The molecule has 0 N–H and O–H groups in total. The Morgan fingerprint density at radius 2 is 2.19 bits per heavy atom. The smallest absolute Gasteiger partial charge is 0.187 e. The molecule has 1 aliphatic heterocycles. The van der Waals surface area contributed by atoms with Crippen molar-refractivity contribution in [1.29, 1.82) is 5.26 Å². The molecule has 0 saturated carbocycles. The molecule has 0 bridgehead atoms. The van der Waals surface area contributed by atoms with E-state index in [9.17, 15) is 14.9 Å². The number of rotatable bonds is 5. The van der Waals surface area contributed by atoms with Crippen LogP contribution in [0.25, 0.3) is 0 Å². The van der Waals surface area contributed by atoms with Gasteiger partial charge >= 0.3 is 0 Å². The quantitative estimate of drug-likeness (QED) is 0.616. The lowest BCUT2D eigenvalue weighted by molar-refractivity contribution is -0.121. The molecular weight excluding hydrogens is 266 g/mol. The first-order valence-corrected chi connectivity index (χ1v) is 7.14. The zero-order valence-electron chi connectivity index (χ0n) is 12.4. The number of ether oxygens (including phenoxy) is 1. The van der Waals surface area contributed by atoms with E-state index in [1.165, 1.54) is 0 Å². The molecule has 110 valence electrons. The summed E-state index contributed by atoms with van der Waals surface area (Å²) in [5.41, 5.74) is 2.31. The number of hydrogen-bond donors (Lipinski definition) is 0. The standard InChI is InChI=1S/C17H19NO3/c1-11-3-4-14(12(2)7-11)17(20)15(9-18)16(19)8-13-5-6-21-10-13/h3-4,7,13,15H,5-6,8,10H2,1-2H3/t13-,15+/m0/s1. The van der Waals surface area contributed by atoms with E-state index in [0.717, 1.165) is 17.5 Å². The van der Waals surface area contributed by atoms with Gasteiger partial charge in [0.05, 0.1) is 6.07 Å². The van der Waals surface area contributed by atoms with Gasteiger partial charge < -0.3 is 4.74 Å². The molecule has 0 aliphatic carbocycles. The van der Waals surface area contributed by atoms with Crippen molar-refractivity contribution in [2.45, 2.75) is 26.7 Å². The highest BCUT2D eigenvalue weighted by Crippen LogP contribution is 2.22. The van der Waals surface area contributed by atoms with Crippen LogP contribution in [0.2, 0.25) is 0 Å². The predicted octanol–water partition coefficient (Wildman–Crippen LogP) is 2.62. The van der Waals surface area contributed by atoms with Gasteiger partial charge in [-0.25, -0.2) is 0 Å². The largest absolute Gasteiger partial charge is 0.381 e. The van der Waals surface area contributed by atoms with Crippen LogP contribution < -0.4 is 0 Å². The topological polar surface area (TPSA) is 67.2 Å². The third-order valence-corrected chi connectivity index (χ3v) is 3.87. The monoisotopic (exact) mass is 285 g/mol. The van der Waals surface area contributed by atoms with Crippen LogP contribution in [-0.2, 0) is 9.53 Å². The minimum absolute atomic E-state index is 0.139. The fourth-order valence-electron chi connectivity index (χ4n) is 2.67. The third-order valence-electron chi connectivity index (χ3n) is 3.87. The van der Waals surface area contributed by atoms with Crippen molar-refractivity contribution in [3.05, 3.63) is 34.9 Å². The lowest BCUT2D eigenvalue weighted by Crippen LogP contribution is -2.25. The molecule has 4 heteroatoms. The van der Waals surface area contributed by atoms with E-state index in [1.54, 1.807) is 6.07 Å². The third kappa shape index (κ3) is 3.56. The SMILES string of the molecule is Cc1ccc(C(=O)[C@H](C#N)C(=O)C[C@@H]2CCOC2)c(C)c1. The van der Waals surface area contributed by atoms with E-state index in [0.29, 0.717) is 18.8 Å². The highest BCUT2D eigenvalue weighted by atomic mass is 16.5. The Morgan fingerprint density at radius 3 is 2.76 bits per heavy atom. The van der Waals surface area contributed by atoms with Gasteiger partial charge in [0.15, 0.2) is 17.5 Å². The van der Waals surface area contributed by atoms with Gasteiger partial charge in [-0.3, -0.25) is 9.59 Å². The number of ketones is 2. The van der Waals surface area contributed by atoms with Crippen LogP contribution in [0, 0.1) is 37.0 Å². The number of nitrogens with zero attached hydrogens (tertiary/aromatic N) is 1. The maximum absolute atomic E-state index is 12.4. The zero-order chi connectivity index (χ0) is 15.4. The molecule has 0 amide bonds. The number of carbonyl (C=O) groups excluding carboxylic acids is 2. The first-order valence-electron chi connectivity index (χ1n) is 7.14. The zero-order valence-corrected chi connectivity index (χ0v) is 12.4. The molecule has 4 nitrogen and oxygen atoms in total. The number of hydrogen-bond acceptors (Lipinski definition) is 4. The van der Waals surface area contributed by atoms with E-state index >= 15 is 0 Å². The second-order valence-electron chi connectivity index (χ2n) is 5.64. The van der Waals surface area contributed by atoms with Crippen molar-refractivity contribution in [2.24, 2.45) is 11.8 Å². The lowest BCUT2D eigenvalue weighted by Gasteiger charge is -2.12. The second-order valence-corrected chi connectivity index (χ2v) is 5.64. The van der Waals surface area contributed by atoms with E-state index in [2.05, 4.69) is 0 Å². The number of Topliss-reactive ketones (excluding diaryl/α,β-unsaturated/α-hetero) is 2. The minimum atomic E-state index is -1.20. The van der Waals surface area contributed by atoms with Gasteiger partial charge in [0.1, 0.15) is 0 Å². The van der Waals surface area contributed by atoms with Crippen LogP contribution in [0.4, 0.5) is 0 Å². The van der Waals surface area contributed by atoms with Crippen molar-refractivity contribution >= 4 is 11.6 Å². The summed E-state index contributed by atoms with van der Waals surface area (Å²) >= 11 is 0. The summed E-state index contributed by atoms with van der Waals surface area (Å²) in [6.45, 7) is 4.96. The molecule has 1 aromatic rings. The van der Waals surface area contributed by atoms with E-state index in [1.807, 2.05) is 32.0 Å². The minimum Gasteiger partial charge on any atom is -0.381 e. The molecule has 0 radical (unpaired) electrons. The van der Waals surface area contributed by atoms with Gasteiger partial charge in [-0.2, -0.15) is 5.26 Å². The molecule has 1 aromatic carbocycles. The van der Waals surface area contributed by atoms with Crippen molar-refractivity contribution in [2.75, 3.05) is 13.2 Å². The molecule has 0 aromatic heterocycles. The lowest BCUT2D eigenvalue weighted by atomic mass is 9.87.